The van der Waals surface area contributed by atoms with Crippen molar-refractivity contribution >= 4 is 28.4 Å². The molecule has 0 bridgehead atoms. The van der Waals surface area contributed by atoms with Crippen LogP contribution >= 0.6 is 11.3 Å². The van der Waals surface area contributed by atoms with E-state index < -0.39 is 0 Å². The third-order valence-electron chi connectivity index (χ3n) is 6.23. The normalized spacial score (nSPS) is 19.7. The minimum atomic E-state index is -0.276. The average Bonchev–Trinajstić information content (AvgIpc) is 3.31. The number of carbonyl (C=O) groups is 1. The SMILES string of the molecule is CN1CCCC(C(=O)N/N=C/c2c(-c3ccc(F)cc3)nc3sc4c(n23)CCCC4)C1. The van der Waals surface area contributed by atoms with E-state index in [1.54, 1.807) is 29.7 Å². The number of piperidine rings is 1. The van der Waals surface area contributed by atoms with Gasteiger partial charge in [0, 0.05) is 22.7 Å². The topological polar surface area (TPSA) is 62.0 Å². The molecule has 1 fully saturated rings. The van der Waals surface area contributed by atoms with Crippen LogP contribution in [0.25, 0.3) is 16.2 Å². The van der Waals surface area contributed by atoms with Gasteiger partial charge in [-0.3, -0.25) is 9.20 Å². The molecule has 1 aliphatic carbocycles. The van der Waals surface area contributed by atoms with Crippen LogP contribution in [0.3, 0.4) is 0 Å². The molecule has 1 amide bonds. The Kier molecular flexibility index (Phi) is 5.58. The Balaban J connectivity index is 1.48. The first-order chi connectivity index (χ1) is 15.1. The number of likely N-dealkylation sites (tertiary alicyclic amines) is 1. The van der Waals surface area contributed by atoms with Crippen LogP contribution in [0.1, 0.15) is 41.9 Å². The van der Waals surface area contributed by atoms with Gasteiger partial charge in [0.2, 0.25) is 5.91 Å². The summed E-state index contributed by atoms with van der Waals surface area (Å²) < 4.78 is 15.6. The number of hydrogen-bond acceptors (Lipinski definition) is 5. The fourth-order valence-corrected chi connectivity index (χ4v) is 5.84. The van der Waals surface area contributed by atoms with Crippen molar-refractivity contribution in [3.63, 3.8) is 0 Å². The first kappa shape index (κ1) is 20.3. The zero-order chi connectivity index (χ0) is 21.4. The lowest BCUT2D eigenvalue weighted by atomic mass is 9.98. The Morgan fingerprint density at radius 1 is 1.26 bits per heavy atom. The van der Waals surface area contributed by atoms with Crippen molar-refractivity contribution in [3.05, 3.63) is 46.3 Å². The molecule has 2 aromatic heterocycles. The first-order valence-electron chi connectivity index (χ1n) is 10.9. The predicted molar refractivity (Wildman–Crippen MR) is 121 cm³/mol. The van der Waals surface area contributed by atoms with E-state index in [4.69, 9.17) is 4.98 Å². The fourth-order valence-electron chi connectivity index (χ4n) is 4.63. The molecular weight excluding hydrogens is 413 g/mol. The highest BCUT2D eigenvalue weighted by molar-refractivity contribution is 7.17. The lowest BCUT2D eigenvalue weighted by Crippen LogP contribution is -2.40. The molecule has 0 spiro atoms. The quantitative estimate of drug-likeness (QED) is 0.496. The third-order valence-corrected chi connectivity index (χ3v) is 7.37. The lowest BCUT2D eigenvalue weighted by Gasteiger charge is -2.28. The van der Waals surface area contributed by atoms with E-state index in [9.17, 15) is 9.18 Å². The van der Waals surface area contributed by atoms with E-state index in [-0.39, 0.29) is 17.6 Å². The molecule has 1 unspecified atom stereocenters. The summed E-state index contributed by atoms with van der Waals surface area (Å²) in [5.41, 5.74) is 6.46. The van der Waals surface area contributed by atoms with Crippen LogP contribution in [0.5, 0.6) is 0 Å². The highest BCUT2D eigenvalue weighted by atomic mass is 32.1. The van der Waals surface area contributed by atoms with E-state index in [0.717, 1.165) is 67.1 Å². The second-order valence-corrected chi connectivity index (χ2v) is 9.55. The number of amides is 1. The summed E-state index contributed by atoms with van der Waals surface area (Å²) >= 11 is 1.72. The number of aryl methyl sites for hydroxylation is 2. The third kappa shape index (κ3) is 4.02. The number of nitrogens with zero attached hydrogens (tertiary/aromatic N) is 4. The Bertz CT molecular complexity index is 1130. The van der Waals surface area contributed by atoms with Crippen molar-refractivity contribution in [2.75, 3.05) is 20.1 Å². The van der Waals surface area contributed by atoms with Gasteiger partial charge in [0.1, 0.15) is 5.82 Å². The van der Waals surface area contributed by atoms with Crippen molar-refractivity contribution in [2.24, 2.45) is 11.0 Å². The summed E-state index contributed by atoms with van der Waals surface area (Å²) in [4.78, 5) is 21.9. The van der Waals surface area contributed by atoms with Gasteiger partial charge >= 0.3 is 0 Å². The number of imidazole rings is 1. The van der Waals surface area contributed by atoms with Crippen molar-refractivity contribution in [1.82, 2.24) is 19.7 Å². The molecule has 1 N–H and O–H groups in total. The standard InChI is InChI=1S/C23H26FN5OS/c1-28-12-4-5-16(14-28)22(30)27-25-13-19-21(15-8-10-17(24)11-9-15)26-23-29(19)18-6-2-3-7-20(18)31-23/h8-11,13,16H,2-7,12,14H2,1H3,(H,27,30)/b25-13+. The molecule has 1 aliphatic heterocycles. The second kappa shape index (κ2) is 8.51. The van der Waals surface area contributed by atoms with Gasteiger partial charge < -0.3 is 4.90 Å². The summed E-state index contributed by atoms with van der Waals surface area (Å²) in [6.07, 6.45) is 8.07. The van der Waals surface area contributed by atoms with Gasteiger partial charge in [-0.05, 0) is 76.4 Å². The Hall–Kier alpha value is -2.58. The minimum Gasteiger partial charge on any atom is -0.306 e. The average molecular weight is 440 g/mol. The molecule has 5 rings (SSSR count). The second-order valence-electron chi connectivity index (χ2n) is 8.49. The number of carbonyl (C=O) groups excluding carboxylic acids is 1. The Morgan fingerprint density at radius 2 is 2.06 bits per heavy atom. The number of nitrogens with one attached hydrogen (secondary N) is 1. The highest BCUT2D eigenvalue weighted by Crippen LogP contribution is 2.34. The first-order valence-corrected chi connectivity index (χ1v) is 11.7. The minimum absolute atomic E-state index is 0.0353. The molecule has 3 heterocycles. The molecule has 3 aromatic rings. The Labute approximate surface area is 184 Å². The number of benzene rings is 1. The van der Waals surface area contributed by atoms with E-state index in [1.165, 1.54) is 29.1 Å². The van der Waals surface area contributed by atoms with Crippen molar-refractivity contribution < 1.29 is 9.18 Å². The number of fused-ring (bicyclic) bond motifs is 3. The van der Waals surface area contributed by atoms with Crippen LogP contribution in [0.4, 0.5) is 4.39 Å². The number of rotatable bonds is 4. The van der Waals surface area contributed by atoms with E-state index in [0.29, 0.717) is 0 Å². The summed E-state index contributed by atoms with van der Waals surface area (Å²) in [5.74, 6) is -0.354. The summed E-state index contributed by atoms with van der Waals surface area (Å²) in [7, 11) is 2.04. The molecule has 6 nitrogen and oxygen atoms in total. The van der Waals surface area contributed by atoms with Gasteiger partial charge in [-0.1, -0.05) is 0 Å². The van der Waals surface area contributed by atoms with Gasteiger partial charge in [-0.15, -0.1) is 11.3 Å². The van der Waals surface area contributed by atoms with Gasteiger partial charge in [0.25, 0.3) is 0 Å². The molecule has 162 valence electrons. The van der Waals surface area contributed by atoms with Crippen molar-refractivity contribution in [2.45, 2.75) is 38.5 Å². The molecule has 2 aliphatic rings. The largest absolute Gasteiger partial charge is 0.306 e. The van der Waals surface area contributed by atoms with Gasteiger partial charge in [-0.25, -0.2) is 14.8 Å². The maximum Gasteiger partial charge on any atom is 0.244 e. The zero-order valence-electron chi connectivity index (χ0n) is 17.6. The van der Waals surface area contributed by atoms with Gasteiger partial charge in [0.05, 0.1) is 23.5 Å². The summed E-state index contributed by atoms with van der Waals surface area (Å²) in [6.45, 7) is 1.79. The van der Waals surface area contributed by atoms with Crippen LogP contribution < -0.4 is 5.43 Å². The number of halogens is 1. The van der Waals surface area contributed by atoms with Crippen LogP contribution in [-0.2, 0) is 17.6 Å². The van der Waals surface area contributed by atoms with Crippen molar-refractivity contribution in [3.8, 4) is 11.3 Å². The summed E-state index contributed by atoms with van der Waals surface area (Å²) in [5, 5.41) is 4.32. The van der Waals surface area contributed by atoms with E-state index >= 15 is 0 Å². The predicted octanol–water partition coefficient (Wildman–Crippen LogP) is 3.87. The van der Waals surface area contributed by atoms with Crippen molar-refractivity contribution in [1.29, 1.82) is 0 Å². The van der Waals surface area contributed by atoms with Crippen LogP contribution in [0, 0.1) is 11.7 Å². The van der Waals surface area contributed by atoms with Gasteiger partial charge in [0.15, 0.2) is 4.96 Å². The van der Waals surface area contributed by atoms with E-state index in [1.807, 2.05) is 7.05 Å². The Morgan fingerprint density at radius 3 is 2.87 bits per heavy atom. The molecule has 1 saturated heterocycles. The molecule has 31 heavy (non-hydrogen) atoms. The molecule has 8 heteroatoms. The monoisotopic (exact) mass is 439 g/mol. The molecule has 1 aromatic carbocycles. The molecule has 0 radical (unpaired) electrons. The maximum absolute atomic E-state index is 13.5. The maximum atomic E-state index is 13.5. The van der Waals surface area contributed by atoms with Crippen LogP contribution in [0.2, 0.25) is 0 Å². The molecule has 0 saturated carbocycles. The number of aromatic nitrogens is 2. The number of hydrazone groups is 1. The van der Waals surface area contributed by atoms with Crippen LogP contribution in [0.15, 0.2) is 29.4 Å². The smallest absolute Gasteiger partial charge is 0.244 e. The van der Waals surface area contributed by atoms with Gasteiger partial charge in [-0.2, -0.15) is 5.10 Å². The summed E-state index contributed by atoms with van der Waals surface area (Å²) in [6, 6.07) is 6.37. The fraction of sp³-hybridized carbons (Fsp3) is 0.435. The molecular formula is C23H26FN5OS. The number of hydrogen-bond donors (Lipinski definition) is 1. The lowest BCUT2D eigenvalue weighted by molar-refractivity contribution is -0.126. The van der Waals surface area contributed by atoms with E-state index in [2.05, 4.69) is 19.8 Å². The zero-order valence-corrected chi connectivity index (χ0v) is 18.4. The molecule has 1 atom stereocenters. The van der Waals surface area contributed by atoms with Crippen LogP contribution in [-0.4, -0.2) is 46.5 Å². The number of thiazole rings is 1. The highest BCUT2D eigenvalue weighted by Gasteiger charge is 2.25.